The zero-order valence-electron chi connectivity index (χ0n) is 92.5. The molecule has 2 bridgehead atoms. The van der Waals surface area contributed by atoms with E-state index in [1.807, 2.05) is 36.4 Å². The summed E-state index contributed by atoms with van der Waals surface area (Å²) in [6.07, 6.45) is 63.8. The fourth-order valence-electron chi connectivity index (χ4n) is 24.7. The molecule has 0 spiro atoms. The lowest BCUT2D eigenvalue weighted by atomic mass is 9.82. The third-order valence-corrected chi connectivity index (χ3v) is 48.2. The van der Waals surface area contributed by atoms with Gasteiger partial charge in [0, 0.05) is 159 Å². The zero-order valence-corrected chi connectivity index (χ0v) is 98.2. The molecule has 4 atom stereocenters. The van der Waals surface area contributed by atoms with Crippen molar-refractivity contribution in [1.29, 1.82) is 0 Å². The Morgan fingerprint density at radius 2 is 0.633 bits per heavy atom. The van der Waals surface area contributed by atoms with Crippen LogP contribution >= 0.6 is 0 Å². The number of phenolic OH excluding ortho intramolecular Hbond substituents is 4. The Morgan fingerprint density at radius 1 is 0.280 bits per heavy atom. The number of aromatic hydroxyl groups is 4. The summed E-state index contributed by atoms with van der Waals surface area (Å²) in [4.78, 5) is 10.3. The summed E-state index contributed by atoms with van der Waals surface area (Å²) in [7, 11) is 2.57. The molecule has 4 N–H and O–H groups in total. The van der Waals surface area contributed by atoms with E-state index in [4.69, 9.17) is 18.9 Å². The molecule has 15 heteroatoms. The molecule has 150 heavy (non-hydrogen) atoms. The average molecular weight is 2160 g/mol. The quantitative estimate of drug-likeness (QED) is 0.0174. The van der Waals surface area contributed by atoms with Crippen LogP contribution in [-0.2, 0) is 89.1 Å². The maximum atomic E-state index is 10.5. The Balaban J connectivity index is 0.000000126. The van der Waals surface area contributed by atoms with Gasteiger partial charge in [-0.05, 0) is 272 Å². The van der Waals surface area contributed by atoms with E-state index >= 15 is 0 Å². The molecule has 4 unspecified atom stereocenters. The van der Waals surface area contributed by atoms with Crippen LogP contribution < -0.4 is 18.9 Å². The predicted octanol–water partition coefficient (Wildman–Crippen LogP) is 35.6. The Hall–Kier alpha value is -7.73. The van der Waals surface area contributed by atoms with Crippen molar-refractivity contribution in [2.75, 3.05) is 109 Å². The summed E-state index contributed by atoms with van der Waals surface area (Å²) in [6.45, 7) is 12.4. The first kappa shape index (κ1) is 115. The van der Waals surface area contributed by atoms with E-state index in [9.17, 15) is 20.4 Å². The standard InChI is InChI=1S/C26H39OS.C23H29OS.C23H31OS.C21H27OS.C18H28OS.C12H12O2S.C12H12OS/c1-2-3-4-5-6-7-8-9-10-13-20-27-25-18-19-26(28-21-14-15-22-28)24-17-12-11-16-23(24)25;1-2-3-12-24-22-10-11-23(19-7-5-4-6-18(19)22)25-14-20-16-8-9-17(13-16)21(20)15-25;1-2-4-10-19(9-3-1)15-16-24-22-13-14-23(25-17-7-8-18-25)21-12-6-5-11-20(21)22;1-2-8-17(9-3-1)16-22-20-12-13-21(23-14-6-7-15-23)19-11-5-4-10-18(19)20;1-3-5-9-15-13-17(20-11-7-8-12-20)14-16(18(15)19)10-6-4-2;1-15(2)11-7-6-9(13)8-4-3-5-10(14)12(8)11;1-14(2)12-8-7-11(13)9-5-3-4-6-10(9)12/h11-12,16-19H,2-10,13-15,20-22H2,1H3;4-7,10-11,16-17,20-21H,2-3,8-9,12-15H2,1H3;5-6,11-14,19H,1-4,7-10,15-18H2;4-5,10-13,17H,1-3,6-9,14-16H2;13-14H,3-12H2,1-2H3;3-7H,1-2H3,(H-,13,14);3-8H,1-2H3/q4*+1;;;/p+3. The minimum atomic E-state index is 0.0568. The average Bonchev–Trinajstić information content (AvgIpc) is 1.59. The van der Waals surface area contributed by atoms with Crippen LogP contribution in [0.1, 0.15) is 289 Å². The van der Waals surface area contributed by atoms with E-state index in [0.29, 0.717) is 71.4 Å². The molecule has 5 saturated heterocycles. The number of ether oxygens (including phenoxy) is 4. The number of aryl methyl sites for hydroxylation is 2. The SMILES string of the molecule is CCCCCCCCCCCCOc1ccc([S+]2CCCC2)c2ccccc12.CCCCOc1ccc([S+]2CC3C4CCC(C4)C3C2)c2ccccc12.CCCCc1cc([S+]2CCCC2)cc(CCCC)c1O.C[S+](C)c1ccc(O)c2cccc(O)c12.C[S+](C)c1ccc(O)c2ccccc12.c1ccc2c([S+]3CCCC3)ccc(OCC3CCCCC3)c2c1.c1ccc2c([S+]3CCCC3)ccc(OCCC3CCCCCC3)c2c1. The van der Waals surface area contributed by atoms with Crippen LogP contribution in [-0.4, -0.2) is 129 Å². The number of phenols is 4. The number of unbranched alkanes of at least 4 members (excludes halogenated alkanes) is 12. The molecule has 0 radical (unpaired) electrons. The molecule has 9 aliphatic rings. The van der Waals surface area contributed by atoms with Gasteiger partial charge >= 0.3 is 0 Å². The van der Waals surface area contributed by atoms with Crippen molar-refractivity contribution in [3.8, 4) is 46.0 Å². The van der Waals surface area contributed by atoms with Gasteiger partial charge in [0.05, 0.1) is 31.8 Å². The second-order valence-corrected chi connectivity index (χ2v) is 59.5. The van der Waals surface area contributed by atoms with Crippen LogP contribution in [0.5, 0.6) is 46.0 Å². The second-order valence-electron chi connectivity index (χ2n) is 44.2. The summed E-state index contributed by atoms with van der Waals surface area (Å²) in [5.41, 5.74) is 2.41. The first-order chi connectivity index (χ1) is 73.6. The van der Waals surface area contributed by atoms with Gasteiger partial charge in [0.15, 0.2) is 34.3 Å². The smallest absolute Gasteiger partial charge is 0.166 e. The van der Waals surface area contributed by atoms with E-state index in [1.54, 1.807) is 50.3 Å². The van der Waals surface area contributed by atoms with Crippen molar-refractivity contribution in [1.82, 2.24) is 0 Å². The maximum Gasteiger partial charge on any atom is 0.166 e. The van der Waals surface area contributed by atoms with Gasteiger partial charge < -0.3 is 39.4 Å². The lowest BCUT2D eigenvalue weighted by Crippen LogP contribution is -2.19. The van der Waals surface area contributed by atoms with E-state index < -0.39 is 0 Å². The molecule has 13 aromatic rings. The Kier molecular flexibility index (Phi) is 46.3. The van der Waals surface area contributed by atoms with Gasteiger partial charge in [-0.25, -0.2) is 0 Å². The van der Waals surface area contributed by atoms with Gasteiger partial charge in [0.2, 0.25) is 0 Å². The van der Waals surface area contributed by atoms with Gasteiger partial charge in [-0.3, -0.25) is 0 Å². The van der Waals surface area contributed by atoms with Crippen LogP contribution in [0.4, 0.5) is 0 Å². The largest absolute Gasteiger partial charge is 0.507 e. The van der Waals surface area contributed by atoms with E-state index in [0.717, 1.165) is 120 Å². The second kappa shape index (κ2) is 60.5. The highest BCUT2D eigenvalue weighted by Gasteiger charge is 2.57. The molecular formula is C135H181O8S7+7. The third kappa shape index (κ3) is 31.4. The van der Waals surface area contributed by atoms with Crippen molar-refractivity contribution in [2.45, 2.75) is 325 Å². The summed E-state index contributed by atoms with van der Waals surface area (Å²) in [5.74, 6) is 25.6. The number of hydrogen-bond acceptors (Lipinski definition) is 8. The number of benzene rings is 13. The summed E-state index contributed by atoms with van der Waals surface area (Å²) >= 11 is 0. The minimum absolute atomic E-state index is 0.0568. The maximum absolute atomic E-state index is 10.5. The lowest BCUT2D eigenvalue weighted by Gasteiger charge is -2.22. The summed E-state index contributed by atoms with van der Waals surface area (Å²) in [6, 6.07) is 79.2. The van der Waals surface area contributed by atoms with E-state index in [2.05, 4.69) is 217 Å². The highest BCUT2D eigenvalue weighted by molar-refractivity contribution is 7.98. The fraction of sp³-hybridized carbons (Fsp3) is 0.511. The monoisotopic (exact) mass is 2150 g/mol. The molecule has 13 aromatic carbocycles. The van der Waals surface area contributed by atoms with Crippen LogP contribution in [0, 0.1) is 35.5 Å². The molecule has 0 aromatic heterocycles. The highest BCUT2D eigenvalue weighted by atomic mass is 32.2. The molecule has 4 aliphatic carbocycles. The van der Waals surface area contributed by atoms with Gasteiger partial charge in [0.1, 0.15) is 129 Å². The molecule has 22 rings (SSSR count). The highest BCUT2D eigenvalue weighted by Crippen LogP contribution is 2.58. The zero-order chi connectivity index (χ0) is 104. The Bertz CT molecular complexity index is 6250. The van der Waals surface area contributed by atoms with Gasteiger partial charge in [0.25, 0.3) is 0 Å². The van der Waals surface area contributed by atoms with Gasteiger partial charge in [-0.15, -0.1) is 0 Å². The van der Waals surface area contributed by atoms with Crippen LogP contribution in [0.3, 0.4) is 0 Å². The van der Waals surface area contributed by atoms with E-state index in [1.165, 1.54) is 364 Å². The molecule has 804 valence electrons. The Morgan fingerprint density at radius 3 is 1.07 bits per heavy atom. The molecule has 8 nitrogen and oxygen atoms in total. The Labute approximate surface area is 923 Å². The summed E-state index contributed by atoms with van der Waals surface area (Å²) in [5, 5.41) is 54.3. The normalized spacial score (nSPS) is 19.0. The number of hydrogen-bond donors (Lipinski definition) is 4. The molecular weight excluding hydrogens is 1970 g/mol. The number of fused-ring (bicyclic) bond motifs is 11. The molecule has 0 amide bonds. The first-order valence-electron chi connectivity index (χ1n) is 58.7. The fourth-order valence-corrected chi connectivity index (χ4v) is 39.7. The molecule has 5 aliphatic heterocycles. The lowest BCUT2D eigenvalue weighted by molar-refractivity contribution is 0.210. The van der Waals surface area contributed by atoms with Crippen molar-refractivity contribution in [3.63, 3.8) is 0 Å². The summed E-state index contributed by atoms with van der Waals surface area (Å²) < 4.78 is 24.9. The van der Waals surface area contributed by atoms with Crippen molar-refractivity contribution in [2.24, 2.45) is 35.5 Å². The van der Waals surface area contributed by atoms with E-state index in [-0.39, 0.29) is 33.3 Å². The first-order valence-corrected chi connectivity index (χ1v) is 70.6. The van der Waals surface area contributed by atoms with Crippen LogP contribution in [0.25, 0.3) is 64.6 Å². The van der Waals surface area contributed by atoms with Gasteiger partial charge in [-0.1, -0.05) is 266 Å². The van der Waals surface area contributed by atoms with Crippen molar-refractivity contribution >= 4 is 141 Å². The molecule has 5 heterocycles. The third-order valence-electron chi connectivity index (χ3n) is 33.1. The predicted molar refractivity (Wildman–Crippen MR) is 662 cm³/mol. The van der Waals surface area contributed by atoms with Gasteiger partial charge in [-0.2, -0.15) is 0 Å². The number of rotatable bonds is 36. The minimum Gasteiger partial charge on any atom is -0.507 e. The van der Waals surface area contributed by atoms with Crippen molar-refractivity contribution in [3.05, 3.63) is 236 Å². The van der Waals surface area contributed by atoms with Crippen LogP contribution in [0.2, 0.25) is 0 Å². The molecule has 4 saturated carbocycles. The molecule has 9 fully saturated rings. The van der Waals surface area contributed by atoms with Crippen LogP contribution in [0.15, 0.2) is 259 Å². The van der Waals surface area contributed by atoms with Crippen molar-refractivity contribution < 1.29 is 39.4 Å². The topological polar surface area (TPSA) is 118 Å².